The van der Waals surface area contributed by atoms with Gasteiger partial charge >= 0.3 is 0 Å². The summed E-state index contributed by atoms with van der Waals surface area (Å²) in [6.07, 6.45) is 4.25. The topological polar surface area (TPSA) is 0 Å². The van der Waals surface area contributed by atoms with Crippen LogP contribution in [0.2, 0.25) is 0 Å². The minimum Gasteiger partial charge on any atom is -0.0874 e. The first-order chi connectivity index (χ1) is 4.59. The zero-order chi connectivity index (χ0) is 8.15. The quantitative estimate of drug-likeness (QED) is 0.512. The maximum Gasteiger partial charge on any atom is -0.0257 e. The summed E-state index contributed by atoms with van der Waals surface area (Å²) in [5.41, 5.74) is 2.88. The second-order valence-corrected chi connectivity index (χ2v) is 3.02. The molecule has 0 aromatic rings. The van der Waals surface area contributed by atoms with E-state index in [0.717, 1.165) is 0 Å². The highest BCUT2D eigenvalue weighted by Crippen LogP contribution is 2.14. The predicted octanol–water partition coefficient (Wildman–Crippen LogP) is 3.55. The number of hydrogen-bond donors (Lipinski definition) is 0. The molecule has 0 N–H and O–H groups in total. The van der Waals surface area contributed by atoms with Crippen LogP contribution < -0.4 is 0 Å². The summed E-state index contributed by atoms with van der Waals surface area (Å²) in [7, 11) is 0. The lowest BCUT2D eigenvalue weighted by atomic mass is 10.00. The first kappa shape index (κ1) is 9.48. The van der Waals surface area contributed by atoms with Crippen molar-refractivity contribution >= 4 is 0 Å². The van der Waals surface area contributed by atoms with E-state index in [0.29, 0.717) is 5.92 Å². The van der Waals surface area contributed by atoms with Gasteiger partial charge in [-0.2, -0.15) is 0 Å². The van der Waals surface area contributed by atoms with Crippen LogP contribution in [0.4, 0.5) is 0 Å². The lowest BCUT2D eigenvalue weighted by Crippen LogP contribution is -1.91. The SMILES string of the molecule is CC=CC(C)=C(C)C(C)C. The Morgan fingerprint density at radius 3 is 2.00 bits per heavy atom. The van der Waals surface area contributed by atoms with Crippen LogP contribution >= 0.6 is 0 Å². The Morgan fingerprint density at radius 1 is 1.20 bits per heavy atom. The van der Waals surface area contributed by atoms with Crippen LogP contribution in [0.3, 0.4) is 0 Å². The molecule has 0 heterocycles. The highest BCUT2D eigenvalue weighted by atomic mass is 14.0. The van der Waals surface area contributed by atoms with Crippen LogP contribution in [0, 0.1) is 5.92 Å². The van der Waals surface area contributed by atoms with Crippen LogP contribution in [-0.4, -0.2) is 0 Å². The van der Waals surface area contributed by atoms with Crippen molar-refractivity contribution in [3.8, 4) is 0 Å². The third-order valence-corrected chi connectivity index (χ3v) is 1.90. The molecule has 10 heavy (non-hydrogen) atoms. The van der Waals surface area contributed by atoms with Gasteiger partial charge in [0.2, 0.25) is 0 Å². The molecule has 0 aromatic heterocycles. The summed E-state index contributed by atoms with van der Waals surface area (Å²) in [4.78, 5) is 0. The number of hydrogen-bond acceptors (Lipinski definition) is 0. The molecule has 0 atom stereocenters. The summed E-state index contributed by atoms with van der Waals surface area (Å²) < 4.78 is 0. The first-order valence-electron chi connectivity index (χ1n) is 3.89. The molecule has 0 heteroatoms. The molecular weight excluding hydrogens is 120 g/mol. The Bertz CT molecular complexity index is 147. The molecular formula is C10H18. The van der Waals surface area contributed by atoms with E-state index in [-0.39, 0.29) is 0 Å². The van der Waals surface area contributed by atoms with E-state index in [1.807, 2.05) is 0 Å². The van der Waals surface area contributed by atoms with E-state index in [2.05, 4.69) is 46.8 Å². The van der Waals surface area contributed by atoms with E-state index in [1.54, 1.807) is 0 Å². The van der Waals surface area contributed by atoms with Crippen molar-refractivity contribution in [1.82, 2.24) is 0 Å². The van der Waals surface area contributed by atoms with Crippen LogP contribution in [0.1, 0.15) is 34.6 Å². The zero-order valence-electron chi connectivity index (χ0n) is 7.73. The van der Waals surface area contributed by atoms with Gasteiger partial charge in [0.25, 0.3) is 0 Å². The van der Waals surface area contributed by atoms with Crippen molar-refractivity contribution in [2.24, 2.45) is 5.92 Å². The highest BCUT2D eigenvalue weighted by Gasteiger charge is 1.97. The normalized spacial score (nSPS) is 14.6. The largest absolute Gasteiger partial charge is 0.0874 e. The number of rotatable bonds is 2. The van der Waals surface area contributed by atoms with Crippen LogP contribution in [0.5, 0.6) is 0 Å². The molecule has 0 aliphatic carbocycles. The molecule has 0 nitrogen and oxygen atoms in total. The van der Waals surface area contributed by atoms with E-state index in [4.69, 9.17) is 0 Å². The van der Waals surface area contributed by atoms with Crippen molar-refractivity contribution in [2.75, 3.05) is 0 Å². The maximum absolute atomic E-state index is 2.22. The monoisotopic (exact) mass is 138 g/mol. The molecule has 0 saturated carbocycles. The molecule has 58 valence electrons. The third kappa shape index (κ3) is 2.86. The van der Waals surface area contributed by atoms with Gasteiger partial charge < -0.3 is 0 Å². The standard InChI is InChI=1S/C10H18/c1-6-7-9(4)10(5)8(2)3/h6-8H,1-5H3. The predicted molar refractivity (Wildman–Crippen MR) is 48.0 cm³/mol. The van der Waals surface area contributed by atoms with Gasteiger partial charge in [-0.25, -0.2) is 0 Å². The van der Waals surface area contributed by atoms with Crippen molar-refractivity contribution in [1.29, 1.82) is 0 Å². The smallest absolute Gasteiger partial charge is 0.0257 e. The van der Waals surface area contributed by atoms with Gasteiger partial charge in [-0.15, -0.1) is 0 Å². The molecule has 0 aliphatic rings. The molecule has 0 radical (unpaired) electrons. The second-order valence-electron chi connectivity index (χ2n) is 3.02. The minimum absolute atomic E-state index is 0.677. The summed E-state index contributed by atoms with van der Waals surface area (Å²) in [6.45, 7) is 10.9. The Morgan fingerprint density at radius 2 is 1.70 bits per heavy atom. The summed E-state index contributed by atoms with van der Waals surface area (Å²) in [6, 6.07) is 0. The molecule has 0 rings (SSSR count). The van der Waals surface area contributed by atoms with Crippen molar-refractivity contribution in [2.45, 2.75) is 34.6 Å². The lowest BCUT2D eigenvalue weighted by Gasteiger charge is -2.06. The lowest BCUT2D eigenvalue weighted by molar-refractivity contribution is 0.760. The summed E-state index contributed by atoms with van der Waals surface area (Å²) in [5.74, 6) is 0.677. The third-order valence-electron chi connectivity index (χ3n) is 1.90. The fraction of sp³-hybridized carbons (Fsp3) is 0.600. The Kier molecular flexibility index (Phi) is 4.10. The average molecular weight is 138 g/mol. The minimum atomic E-state index is 0.677. The number of allylic oxidation sites excluding steroid dienone is 4. The molecule has 0 saturated heterocycles. The molecule has 0 unspecified atom stereocenters. The summed E-state index contributed by atoms with van der Waals surface area (Å²) >= 11 is 0. The zero-order valence-corrected chi connectivity index (χ0v) is 7.73. The maximum atomic E-state index is 2.22. The van der Waals surface area contributed by atoms with Crippen molar-refractivity contribution in [3.05, 3.63) is 23.3 Å². The molecule has 0 aliphatic heterocycles. The highest BCUT2D eigenvalue weighted by molar-refractivity contribution is 5.22. The van der Waals surface area contributed by atoms with Gasteiger partial charge in [-0.1, -0.05) is 37.1 Å². The van der Waals surface area contributed by atoms with E-state index in [9.17, 15) is 0 Å². The van der Waals surface area contributed by atoms with E-state index < -0.39 is 0 Å². The average Bonchev–Trinajstić information content (AvgIpc) is 1.87. The Hall–Kier alpha value is -0.520. The Labute approximate surface area is 64.6 Å². The van der Waals surface area contributed by atoms with Gasteiger partial charge in [-0.3, -0.25) is 0 Å². The molecule has 0 bridgehead atoms. The second kappa shape index (κ2) is 4.32. The Balaban J connectivity index is 4.34. The molecule has 0 aromatic carbocycles. The fourth-order valence-corrected chi connectivity index (χ4v) is 0.837. The van der Waals surface area contributed by atoms with E-state index >= 15 is 0 Å². The van der Waals surface area contributed by atoms with Gasteiger partial charge in [0.15, 0.2) is 0 Å². The van der Waals surface area contributed by atoms with Crippen molar-refractivity contribution < 1.29 is 0 Å². The summed E-state index contributed by atoms with van der Waals surface area (Å²) in [5, 5.41) is 0. The van der Waals surface area contributed by atoms with Crippen LogP contribution in [-0.2, 0) is 0 Å². The van der Waals surface area contributed by atoms with E-state index in [1.165, 1.54) is 11.1 Å². The van der Waals surface area contributed by atoms with Crippen molar-refractivity contribution in [3.63, 3.8) is 0 Å². The van der Waals surface area contributed by atoms with Crippen LogP contribution in [0.25, 0.3) is 0 Å². The van der Waals surface area contributed by atoms with Crippen LogP contribution in [0.15, 0.2) is 23.3 Å². The molecule has 0 amide bonds. The van der Waals surface area contributed by atoms with Gasteiger partial charge in [0.05, 0.1) is 0 Å². The molecule has 0 fully saturated rings. The first-order valence-corrected chi connectivity index (χ1v) is 3.89. The van der Waals surface area contributed by atoms with Gasteiger partial charge in [0, 0.05) is 0 Å². The van der Waals surface area contributed by atoms with Gasteiger partial charge in [-0.05, 0) is 26.7 Å². The molecule has 0 spiro atoms. The fourth-order valence-electron chi connectivity index (χ4n) is 0.837. The van der Waals surface area contributed by atoms with Gasteiger partial charge in [0.1, 0.15) is 0 Å².